The third-order valence-electron chi connectivity index (χ3n) is 10.9. The summed E-state index contributed by atoms with van der Waals surface area (Å²) in [6.07, 6.45) is 5.23. The van der Waals surface area contributed by atoms with Gasteiger partial charge in [0.2, 0.25) is 23.6 Å². The van der Waals surface area contributed by atoms with E-state index < -0.39 is 12.1 Å². The number of nitrogens with zero attached hydrogens (tertiary/aromatic N) is 5. The van der Waals surface area contributed by atoms with Gasteiger partial charge >= 0.3 is 0 Å². The molecule has 2 aliphatic heterocycles. The lowest BCUT2D eigenvalue weighted by Gasteiger charge is -2.31. The van der Waals surface area contributed by atoms with Gasteiger partial charge in [-0.25, -0.2) is 9.97 Å². The number of likely N-dealkylation sites (tertiary alicyclic amines) is 2. The van der Waals surface area contributed by atoms with Crippen LogP contribution in [0, 0.1) is 6.92 Å². The summed E-state index contributed by atoms with van der Waals surface area (Å²) in [6.45, 7) is 3.18. The predicted molar refractivity (Wildman–Crippen MR) is 212 cm³/mol. The van der Waals surface area contributed by atoms with Gasteiger partial charge < -0.3 is 24.5 Å². The lowest BCUT2D eigenvalue weighted by Crippen LogP contribution is -2.47. The summed E-state index contributed by atoms with van der Waals surface area (Å²) >= 11 is 0. The highest BCUT2D eigenvalue weighted by atomic mass is 16.4. The smallest absolute Gasteiger partial charge is 0.247 e. The van der Waals surface area contributed by atoms with Crippen molar-refractivity contribution < 1.29 is 18.8 Å². The van der Waals surface area contributed by atoms with E-state index in [1.54, 1.807) is 11.1 Å². The van der Waals surface area contributed by atoms with E-state index in [0.717, 1.165) is 63.9 Å². The van der Waals surface area contributed by atoms with Gasteiger partial charge in [-0.3, -0.25) is 19.3 Å². The van der Waals surface area contributed by atoms with E-state index in [2.05, 4.69) is 15.3 Å². The number of anilines is 1. The van der Waals surface area contributed by atoms with Crippen molar-refractivity contribution >= 4 is 34.4 Å². The second kappa shape index (κ2) is 15.3. The zero-order valence-electron chi connectivity index (χ0n) is 31.4. The Morgan fingerprint density at radius 3 is 2.44 bits per heavy atom. The molecule has 2 saturated heterocycles. The molecule has 3 atom stereocenters. The first-order chi connectivity index (χ1) is 26.7. The van der Waals surface area contributed by atoms with Gasteiger partial charge in [0.05, 0.1) is 29.7 Å². The molecule has 0 unspecified atom stereocenters. The molecular weight excluding hydrogens is 691 g/mol. The Morgan fingerprint density at radius 1 is 0.909 bits per heavy atom. The van der Waals surface area contributed by atoms with Crippen molar-refractivity contribution in [1.29, 1.82) is 0 Å². The number of benzene rings is 4. The molecule has 6 aromatic rings. The van der Waals surface area contributed by atoms with Crippen LogP contribution in [0.4, 0.5) is 5.69 Å². The minimum atomic E-state index is -0.570. The number of aromatic nitrogens is 3. The van der Waals surface area contributed by atoms with Crippen LogP contribution in [-0.2, 0) is 20.8 Å². The lowest BCUT2D eigenvalue weighted by molar-refractivity contribution is -0.140. The van der Waals surface area contributed by atoms with E-state index in [-0.39, 0.29) is 23.8 Å². The molecule has 55 heavy (non-hydrogen) atoms. The van der Waals surface area contributed by atoms with Gasteiger partial charge in [-0.1, -0.05) is 66.7 Å². The molecule has 2 aliphatic rings. The Morgan fingerprint density at radius 2 is 1.65 bits per heavy atom. The quantitative estimate of drug-likeness (QED) is 0.151. The normalized spacial score (nSPS) is 17.6. The molecule has 2 aromatic heterocycles. The van der Waals surface area contributed by atoms with Crippen LogP contribution in [0.3, 0.4) is 0 Å². The summed E-state index contributed by atoms with van der Waals surface area (Å²) in [6, 6.07) is 29.9. The number of oxazole rings is 1. The maximum atomic E-state index is 13.9. The Hall–Kier alpha value is -6.07. The summed E-state index contributed by atoms with van der Waals surface area (Å²) in [7, 11) is 3.77. The second-order valence-electron chi connectivity index (χ2n) is 14.7. The molecule has 8 rings (SSSR count). The van der Waals surface area contributed by atoms with E-state index >= 15 is 0 Å². The Kier molecular flexibility index (Phi) is 10.0. The zero-order chi connectivity index (χ0) is 38.1. The molecule has 2 fully saturated rings. The summed E-state index contributed by atoms with van der Waals surface area (Å²) in [5.74, 6) is 1.63. The number of aromatic amines is 1. The Balaban J connectivity index is 0.970. The molecule has 3 amide bonds. The fourth-order valence-electron chi connectivity index (χ4n) is 8.07. The molecule has 4 aromatic carbocycles. The third-order valence-corrected chi connectivity index (χ3v) is 10.9. The number of carbonyl (C=O) groups is 3. The standard InChI is InChI=1S/C44H45N7O4/c1-28-32(17-10-18-33(28)48-42(53)37-20-12-24-51(37)44(54)40(49(2)3)30-15-8-5-9-16-30)43-45-27-38(55-43)31-21-22-34-35(26-31)47-41(46-34)36-19-11-23-50(36)39(52)25-29-13-6-4-7-14-29/h4-10,13-18,21-22,26-27,36-37,40H,11-12,19-20,23-25H2,1-3H3,(H,46,47)(H,48,53)/t36-,37-,40+/m0/s1. The number of hydrogen-bond donors (Lipinski definition) is 2. The Labute approximate surface area is 320 Å². The highest BCUT2D eigenvalue weighted by molar-refractivity contribution is 5.99. The van der Waals surface area contributed by atoms with Crippen LogP contribution in [-0.4, -0.2) is 80.6 Å². The minimum Gasteiger partial charge on any atom is -0.436 e. The molecule has 0 radical (unpaired) electrons. The molecule has 0 saturated carbocycles. The van der Waals surface area contributed by atoms with Gasteiger partial charge in [0.25, 0.3) is 0 Å². The van der Waals surface area contributed by atoms with Crippen molar-refractivity contribution in [1.82, 2.24) is 29.7 Å². The molecular formula is C44H45N7O4. The van der Waals surface area contributed by atoms with E-state index in [1.807, 2.05) is 128 Å². The highest BCUT2D eigenvalue weighted by Crippen LogP contribution is 2.35. The summed E-state index contributed by atoms with van der Waals surface area (Å²) in [5, 5.41) is 3.11. The van der Waals surface area contributed by atoms with Gasteiger partial charge in [-0.05, 0) is 93.7 Å². The molecule has 11 nitrogen and oxygen atoms in total. The van der Waals surface area contributed by atoms with Gasteiger partial charge in [-0.15, -0.1) is 0 Å². The molecule has 280 valence electrons. The maximum absolute atomic E-state index is 13.9. The zero-order valence-corrected chi connectivity index (χ0v) is 31.4. The van der Waals surface area contributed by atoms with E-state index in [1.165, 1.54) is 0 Å². The number of hydrogen-bond acceptors (Lipinski definition) is 7. The van der Waals surface area contributed by atoms with Crippen LogP contribution in [0.1, 0.15) is 60.3 Å². The van der Waals surface area contributed by atoms with Crippen LogP contribution in [0.2, 0.25) is 0 Å². The number of imidazole rings is 1. The number of rotatable bonds is 10. The third kappa shape index (κ3) is 7.27. The van der Waals surface area contributed by atoms with Gasteiger partial charge in [0.1, 0.15) is 17.9 Å². The van der Waals surface area contributed by atoms with E-state index in [9.17, 15) is 14.4 Å². The Bertz CT molecular complexity index is 2330. The van der Waals surface area contributed by atoms with Gasteiger partial charge in [-0.2, -0.15) is 0 Å². The van der Waals surface area contributed by atoms with Crippen molar-refractivity contribution in [3.05, 3.63) is 126 Å². The monoisotopic (exact) mass is 735 g/mol. The highest BCUT2D eigenvalue weighted by Gasteiger charge is 2.39. The first-order valence-corrected chi connectivity index (χ1v) is 19.0. The van der Waals surface area contributed by atoms with Crippen molar-refractivity contribution in [2.45, 2.75) is 57.2 Å². The summed E-state index contributed by atoms with van der Waals surface area (Å²) < 4.78 is 6.33. The van der Waals surface area contributed by atoms with Crippen molar-refractivity contribution in [3.63, 3.8) is 0 Å². The molecule has 0 spiro atoms. The molecule has 2 N–H and O–H groups in total. The topological polar surface area (TPSA) is 128 Å². The van der Waals surface area contributed by atoms with Crippen LogP contribution in [0.15, 0.2) is 108 Å². The average Bonchev–Trinajstić information content (AvgIpc) is 4.02. The van der Waals surface area contributed by atoms with Crippen molar-refractivity contribution in [3.8, 4) is 22.8 Å². The van der Waals surface area contributed by atoms with Crippen molar-refractivity contribution in [2.24, 2.45) is 0 Å². The van der Waals surface area contributed by atoms with Crippen LogP contribution < -0.4 is 5.32 Å². The van der Waals surface area contributed by atoms with Crippen LogP contribution in [0.5, 0.6) is 0 Å². The first-order valence-electron chi connectivity index (χ1n) is 19.0. The van der Waals surface area contributed by atoms with Gasteiger partial charge in [0.15, 0.2) is 5.76 Å². The number of likely N-dealkylation sites (N-methyl/N-ethyl adjacent to an activating group) is 1. The molecule has 4 heterocycles. The van der Waals surface area contributed by atoms with Crippen LogP contribution in [0.25, 0.3) is 33.8 Å². The molecule has 0 aliphatic carbocycles. The van der Waals surface area contributed by atoms with Crippen LogP contribution >= 0.6 is 0 Å². The second-order valence-corrected chi connectivity index (χ2v) is 14.7. The van der Waals surface area contributed by atoms with Gasteiger partial charge in [0, 0.05) is 29.9 Å². The molecule has 0 bridgehead atoms. The summed E-state index contributed by atoms with van der Waals surface area (Å²) in [4.78, 5) is 59.5. The number of nitrogens with one attached hydrogen (secondary N) is 2. The number of fused-ring (bicyclic) bond motifs is 1. The SMILES string of the molecule is Cc1c(NC(=O)[C@@H]2CCCN2C(=O)[C@@H](c2ccccc2)N(C)C)cccc1-c1ncc(-c2ccc3nc([C@@H]4CCCN4C(=O)Cc4ccccc4)[nH]c3c2)o1. The lowest BCUT2D eigenvalue weighted by atomic mass is 10.0. The fourth-order valence-corrected chi connectivity index (χ4v) is 8.07. The van der Waals surface area contributed by atoms with E-state index in [4.69, 9.17) is 9.40 Å². The van der Waals surface area contributed by atoms with Crippen molar-refractivity contribution in [2.75, 3.05) is 32.5 Å². The largest absolute Gasteiger partial charge is 0.436 e. The number of amides is 3. The fraction of sp³-hybridized carbons (Fsp3) is 0.295. The average molecular weight is 736 g/mol. The number of H-pyrrole nitrogens is 1. The first kappa shape index (κ1) is 35.9. The number of carbonyl (C=O) groups excluding carboxylic acids is 3. The minimum absolute atomic E-state index is 0.0781. The maximum Gasteiger partial charge on any atom is 0.247 e. The molecule has 11 heteroatoms. The predicted octanol–water partition coefficient (Wildman–Crippen LogP) is 7.33. The van der Waals surface area contributed by atoms with E-state index in [0.29, 0.717) is 43.3 Å². The summed E-state index contributed by atoms with van der Waals surface area (Å²) in [5.41, 5.74) is 6.63.